The van der Waals surface area contributed by atoms with Crippen molar-refractivity contribution in [2.45, 2.75) is 52.5 Å². The molecule has 4 aromatic rings. The zero-order valence-corrected chi connectivity index (χ0v) is 20.8. The highest BCUT2D eigenvalue weighted by atomic mass is 79.9. The van der Waals surface area contributed by atoms with Crippen LogP contribution >= 0.6 is 15.9 Å². The van der Waals surface area contributed by atoms with Gasteiger partial charge in [-0.25, -0.2) is 0 Å². The molecule has 0 aliphatic rings. The summed E-state index contributed by atoms with van der Waals surface area (Å²) in [4.78, 5) is 15.9. The number of rotatable bonds is 9. The van der Waals surface area contributed by atoms with Crippen molar-refractivity contribution in [2.24, 2.45) is 0 Å². The molecule has 0 saturated carbocycles. The number of benzene rings is 3. The van der Waals surface area contributed by atoms with Gasteiger partial charge in [0.05, 0.1) is 10.0 Å². The van der Waals surface area contributed by atoms with Crippen LogP contribution in [0.15, 0.2) is 63.5 Å². The zero-order chi connectivity index (χ0) is 23.4. The molecular weight excluding hydrogens is 478 g/mol. The van der Waals surface area contributed by atoms with E-state index in [0.717, 1.165) is 65.2 Å². The van der Waals surface area contributed by atoms with E-state index in [-0.39, 0.29) is 11.7 Å². The van der Waals surface area contributed by atoms with Crippen LogP contribution < -0.4 is 0 Å². The Hall–Kier alpha value is -2.79. The molecule has 1 N–H and O–H groups in total. The molecule has 0 radical (unpaired) electrons. The molecule has 0 saturated heterocycles. The number of hydrogen-bond acceptors (Lipinski definition) is 3. The first-order chi connectivity index (χ1) is 16.0. The molecule has 172 valence electrons. The van der Waals surface area contributed by atoms with Crippen LogP contribution in [-0.4, -0.2) is 22.5 Å². The van der Waals surface area contributed by atoms with Crippen molar-refractivity contribution in [3.63, 3.8) is 0 Å². The number of carbonyl (C=O) groups is 1. The summed E-state index contributed by atoms with van der Waals surface area (Å²) in [5.74, 6) is 1.05. The first-order valence-electron chi connectivity index (χ1n) is 11.7. The number of unbranched alkanes of at least 4 members (excludes halogenated alkanes) is 2. The molecule has 0 aliphatic carbocycles. The van der Waals surface area contributed by atoms with Crippen LogP contribution in [0.3, 0.4) is 0 Å². The highest BCUT2D eigenvalue weighted by Gasteiger charge is 2.25. The van der Waals surface area contributed by atoms with Crippen molar-refractivity contribution in [3.8, 4) is 5.75 Å². The molecule has 1 amide bonds. The van der Waals surface area contributed by atoms with Gasteiger partial charge in [0.2, 0.25) is 0 Å². The van der Waals surface area contributed by atoms with E-state index >= 15 is 0 Å². The number of amides is 1. The maximum Gasteiger partial charge on any atom is 0.258 e. The SMILES string of the molecule is CCCCc1oc2ccccc2c1C(=O)N(CCCC)Cc1ccc2c(Br)c(O)ccc2c1. The fourth-order valence-corrected chi connectivity index (χ4v) is 4.75. The Morgan fingerprint density at radius 2 is 1.79 bits per heavy atom. The number of para-hydroxylation sites is 1. The quantitative estimate of drug-likeness (QED) is 0.251. The Balaban J connectivity index is 1.70. The number of aromatic hydroxyl groups is 1. The van der Waals surface area contributed by atoms with Gasteiger partial charge in [-0.2, -0.15) is 0 Å². The average Bonchev–Trinajstić information content (AvgIpc) is 3.20. The Kier molecular flexibility index (Phi) is 7.39. The average molecular weight is 508 g/mol. The van der Waals surface area contributed by atoms with E-state index in [2.05, 4.69) is 35.8 Å². The van der Waals surface area contributed by atoms with Gasteiger partial charge in [-0.3, -0.25) is 4.79 Å². The highest BCUT2D eigenvalue weighted by molar-refractivity contribution is 9.10. The predicted octanol–water partition coefficient (Wildman–Crippen LogP) is 7.84. The van der Waals surface area contributed by atoms with E-state index in [1.54, 1.807) is 6.07 Å². The highest BCUT2D eigenvalue weighted by Crippen LogP contribution is 2.33. The van der Waals surface area contributed by atoms with Gasteiger partial charge in [-0.1, -0.05) is 63.1 Å². The van der Waals surface area contributed by atoms with Crippen molar-refractivity contribution in [1.82, 2.24) is 4.90 Å². The van der Waals surface area contributed by atoms with Crippen LogP contribution in [0.25, 0.3) is 21.7 Å². The van der Waals surface area contributed by atoms with Crippen molar-refractivity contribution in [1.29, 1.82) is 0 Å². The van der Waals surface area contributed by atoms with E-state index in [4.69, 9.17) is 4.42 Å². The van der Waals surface area contributed by atoms with Crippen LogP contribution in [-0.2, 0) is 13.0 Å². The normalized spacial score (nSPS) is 11.4. The molecule has 0 bridgehead atoms. The van der Waals surface area contributed by atoms with Crippen LogP contribution in [0.2, 0.25) is 0 Å². The number of halogens is 1. The summed E-state index contributed by atoms with van der Waals surface area (Å²) >= 11 is 3.47. The Labute approximate surface area is 203 Å². The molecule has 0 atom stereocenters. The minimum absolute atomic E-state index is 0.0338. The third-order valence-electron chi connectivity index (χ3n) is 6.08. The number of nitrogens with zero attached hydrogens (tertiary/aromatic N) is 1. The summed E-state index contributed by atoms with van der Waals surface area (Å²) in [5, 5.41) is 12.8. The van der Waals surface area contributed by atoms with Gasteiger partial charge in [0.15, 0.2) is 0 Å². The minimum atomic E-state index is 0.0338. The van der Waals surface area contributed by atoms with Gasteiger partial charge >= 0.3 is 0 Å². The third-order valence-corrected chi connectivity index (χ3v) is 6.91. The molecule has 1 aromatic heterocycles. The summed E-state index contributed by atoms with van der Waals surface area (Å²) in [7, 11) is 0. The molecule has 0 fully saturated rings. The molecule has 3 aromatic carbocycles. The van der Waals surface area contributed by atoms with E-state index in [1.807, 2.05) is 47.4 Å². The second kappa shape index (κ2) is 10.4. The lowest BCUT2D eigenvalue weighted by atomic mass is 10.0. The smallest absolute Gasteiger partial charge is 0.258 e. The second-order valence-electron chi connectivity index (χ2n) is 8.53. The molecule has 0 aliphatic heterocycles. The Morgan fingerprint density at radius 1 is 1.00 bits per heavy atom. The number of carbonyl (C=O) groups excluding carboxylic acids is 1. The summed E-state index contributed by atoms with van der Waals surface area (Å²) in [5.41, 5.74) is 2.55. The monoisotopic (exact) mass is 507 g/mol. The largest absolute Gasteiger partial charge is 0.507 e. The van der Waals surface area contributed by atoms with Gasteiger partial charge in [-0.15, -0.1) is 0 Å². The topological polar surface area (TPSA) is 53.7 Å². The zero-order valence-electron chi connectivity index (χ0n) is 19.2. The number of furan rings is 1. The summed E-state index contributed by atoms with van der Waals surface area (Å²) in [6, 6.07) is 17.6. The fraction of sp³-hybridized carbons (Fsp3) is 0.321. The van der Waals surface area contributed by atoms with Crippen molar-refractivity contribution >= 4 is 43.6 Å². The van der Waals surface area contributed by atoms with Crippen LogP contribution in [0.4, 0.5) is 0 Å². The lowest BCUT2D eigenvalue weighted by Gasteiger charge is -2.23. The van der Waals surface area contributed by atoms with Gasteiger partial charge in [-0.05, 0) is 63.3 Å². The van der Waals surface area contributed by atoms with E-state index in [9.17, 15) is 9.90 Å². The van der Waals surface area contributed by atoms with Gasteiger partial charge in [0.1, 0.15) is 17.1 Å². The van der Waals surface area contributed by atoms with E-state index in [0.29, 0.717) is 23.1 Å². The van der Waals surface area contributed by atoms with E-state index in [1.165, 1.54) is 0 Å². The molecule has 33 heavy (non-hydrogen) atoms. The first kappa shape index (κ1) is 23.4. The van der Waals surface area contributed by atoms with Gasteiger partial charge < -0.3 is 14.4 Å². The van der Waals surface area contributed by atoms with Crippen molar-refractivity contribution < 1.29 is 14.3 Å². The molecule has 0 spiro atoms. The van der Waals surface area contributed by atoms with Crippen molar-refractivity contribution in [3.05, 3.63) is 76.0 Å². The number of aryl methyl sites for hydroxylation is 1. The molecule has 4 nitrogen and oxygen atoms in total. The van der Waals surface area contributed by atoms with Gasteiger partial charge in [0.25, 0.3) is 5.91 Å². The third kappa shape index (κ3) is 4.93. The molecule has 1 heterocycles. The van der Waals surface area contributed by atoms with Crippen LogP contribution in [0.1, 0.15) is 61.2 Å². The number of phenols is 1. The lowest BCUT2D eigenvalue weighted by Crippen LogP contribution is -2.32. The lowest BCUT2D eigenvalue weighted by molar-refractivity contribution is 0.0740. The van der Waals surface area contributed by atoms with E-state index < -0.39 is 0 Å². The number of hydrogen-bond donors (Lipinski definition) is 1. The Morgan fingerprint density at radius 3 is 2.58 bits per heavy atom. The summed E-state index contributed by atoms with van der Waals surface area (Å²) < 4.78 is 6.82. The second-order valence-corrected chi connectivity index (χ2v) is 9.33. The first-order valence-corrected chi connectivity index (χ1v) is 12.5. The maximum atomic E-state index is 13.9. The van der Waals surface area contributed by atoms with Crippen molar-refractivity contribution in [2.75, 3.05) is 6.54 Å². The summed E-state index contributed by atoms with van der Waals surface area (Å²) in [6.07, 6.45) is 4.76. The molecule has 4 rings (SSSR count). The number of fused-ring (bicyclic) bond motifs is 2. The summed E-state index contributed by atoms with van der Waals surface area (Å²) in [6.45, 7) is 5.51. The minimum Gasteiger partial charge on any atom is -0.507 e. The standard InChI is InChI=1S/C28H30BrNO3/c1-3-5-10-25-26(22-9-7-8-11-24(22)33-25)28(32)30(16-6-4-2)18-19-12-14-21-20(17-19)13-15-23(31)27(21)29/h7-9,11-15,17,31H,3-6,10,16,18H2,1-2H3. The number of phenolic OH excluding ortho intramolecular Hbond substituents is 1. The predicted molar refractivity (Wildman–Crippen MR) is 138 cm³/mol. The maximum absolute atomic E-state index is 13.9. The van der Waals surface area contributed by atoms with Crippen LogP contribution in [0, 0.1) is 0 Å². The molecular formula is C28H30BrNO3. The molecule has 0 unspecified atom stereocenters. The Bertz CT molecular complexity index is 1280. The fourth-order valence-electron chi connectivity index (χ4n) is 4.25. The van der Waals surface area contributed by atoms with Gasteiger partial charge in [0, 0.05) is 24.9 Å². The van der Waals surface area contributed by atoms with Crippen LogP contribution in [0.5, 0.6) is 5.75 Å². The molecule has 5 heteroatoms.